The van der Waals surface area contributed by atoms with E-state index in [0.717, 1.165) is 19.5 Å². The van der Waals surface area contributed by atoms with Crippen LogP contribution in [0.3, 0.4) is 0 Å². The van der Waals surface area contributed by atoms with E-state index in [0.29, 0.717) is 35.5 Å². The van der Waals surface area contributed by atoms with Gasteiger partial charge in [0.15, 0.2) is 11.5 Å². The van der Waals surface area contributed by atoms with Crippen molar-refractivity contribution in [1.82, 2.24) is 4.90 Å². The second-order valence-electron chi connectivity index (χ2n) is 6.57. The fourth-order valence-corrected chi connectivity index (χ4v) is 2.73. The van der Waals surface area contributed by atoms with E-state index in [9.17, 15) is 4.79 Å². The lowest BCUT2D eigenvalue weighted by molar-refractivity contribution is 0.0682. The molecule has 4 nitrogen and oxygen atoms in total. The number of hydrogen-bond donors (Lipinski definition) is 0. The quantitative estimate of drug-likeness (QED) is 0.834. The SMILES string of the molecule is COc1cc(C(=O)N2CCCC(C)C2)ccc1OCC(C)C. The van der Waals surface area contributed by atoms with Crippen molar-refractivity contribution in [3.05, 3.63) is 23.8 Å². The van der Waals surface area contributed by atoms with Gasteiger partial charge in [0.25, 0.3) is 5.91 Å². The summed E-state index contributed by atoms with van der Waals surface area (Å²) in [5.41, 5.74) is 0.669. The van der Waals surface area contributed by atoms with E-state index >= 15 is 0 Å². The molecule has 0 aliphatic carbocycles. The van der Waals surface area contributed by atoms with E-state index in [4.69, 9.17) is 9.47 Å². The Kier molecular flexibility index (Phi) is 5.69. The van der Waals surface area contributed by atoms with Crippen LogP contribution in [0.25, 0.3) is 0 Å². The van der Waals surface area contributed by atoms with Gasteiger partial charge < -0.3 is 14.4 Å². The zero-order chi connectivity index (χ0) is 16.1. The van der Waals surface area contributed by atoms with Gasteiger partial charge in [0.2, 0.25) is 0 Å². The Hall–Kier alpha value is -1.71. The molecule has 0 N–H and O–H groups in total. The van der Waals surface area contributed by atoms with Crippen LogP contribution in [0.2, 0.25) is 0 Å². The van der Waals surface area contributed by atoms with Crippen LogP contribution in [-0.4, -0.2) is 37.6 Å². The Morgan fingerprint density at radius 2 is 2.14 bits per heavy atom. The molecule has 1 saturated heterocycles. The second-order valence-corrected chi connectivity index (χ2v) is 6.57. The largest absolute Gasteiger partial charge is 0.493 e. The summed E-state index contributed by atoms with van der Waals surface area (Å²) in [6.07, 6.45) is 2.29. The second kappa shape index (κ2) is 7.52. The number of likely N-dealkylation sites (tertiary alicyclic amines) is 1. The Labute approximate surface area is 133 Å². The minimum atomic E-state index is 0.0836. The van der Waals surface area contributed by atoms with Gasteiger partial charge in [-0.2, -0.15) is 0 Å². The molecule has 1 aromatic rings. The van der Waals surface area contributed by atoms with E-state index in [1.54, 1.807) is 13.2 Å². The van der Waals surface area contributed by atoms with Crippen molar-refractivity contribution in [2.75, 3.05) is 26.8 Å². The zero-order valence-electron chi connectivity index (χ0n) is 14.1. The van der Waals surface area contributed by atoms with Crippen LogP contribution < -0.4 is 9.47 Å². The summed E-state index contributed by atoms with van der Waals surface area (Å²) in [7, 11) is 1.61. The Morgan fingerprint density at radius 1 is 1.36 bits per heavy atom. The molecule has 0 spiro atoms. The number of hydrogen-bond acceptors (Lipinski definition) is 3. The van der Waals surface area contributed by atoms with E-state index in [2.05, 4.69) is 20.8 Å². The summed E-state index contributed by atoms with van der Waals surface area (Å²) >= 11 is 0. The van der Waals surface area contributed by atoms with E-state index in [1.165, 1.54) is 6.42 Å². The van der Waals surface area contributed by atoms with Crippen molar-refractivity contribution in [1.29, 1.82) is 0 Å². The van der Waals surface area contributed by atoms with Gasteiger partial charge in [-0.15, -0.1) is 0 Å². The lowest BCUT2D eigenvalue weighted by Crippen LogP contribution is -2.39. The first kappa shape index (κ1) is 16.7. The van der Waals surface area contributed by atoms with Crippen LogP contribution in [-0.2, 0) is 0 Å². The lowest BCUT2D eigenvalue weighted by Gasteiger charge is -2.31. The van der Waals surface area contributed by atoms with Crippen molar-refractivity contribution < 1.29 is 14.3 Å². The third-order valence-corrected chi connectivity index (χ3v) is 3.93. The van der Waals surface area contributed by atoms with Crippen LogP contribution in [0.15, 0.2) is 18.2 Å². The summed E-state index contributed by atoms with van der Waals surface area (Å²) in [6.45, 7) is 8.71. The molecule has 1 atom stereocenters. The summed E-state index contributed by atoms with van der Waals surface area (Å²) < 4.78 is 11.1. The van der Waals surface area contributed by atoms with Crippen LogP contribution in [0.5, 0.6) is 11.5 Å². The highest BCUT2D eigenvalue weighted by molar-refractivity contribution is 5.95. The average Bonchev–Trinajstić information content (AvgIpc) is 2.52. The van der Waals surface area contributed by atoms with Gasteiger partial charge in [0.1, 0.15) is 0 Å². The molecule has 2 rings (SSSR count). The predicted octanol–water partition coefficient (Wildman–Crippen LogP) is 3.60. The van der Waals surface area contributed by atoms with Crippen LogP contribution in [0.4, 0.5) is 0 Å². The Morgan fingerprint density at radius 3 is 2.77 bits per heavy atom. The highest BCUT2D eigenvalue weighted by Gasteiger charge is 2.23. The minimum absolute atomic E-state index is 0.0836. The third kappa shape index (κ3) is 4.15. The average molecular weight is 305 g/mol. The summed E-state index contributed by atoms with van der Waals surface area (Å²) in [6, 6.07) is 5.46. The molecular weight excluding hydrogens is 278 g/mol. The number of benzene rings is 1. The molecule has 4 heteroatoms. The molecule has 1 aromatic carbocycles. The minimum Gasteiger partial charge on any atom is -0.493 e. The number of piperidine rings is 1. The fraction of sp³-hybridized carbons (Fsp3) is 0.611. The van der Waals surface area contributed by atoms with Crippen molar-refractivity contribution in [3.8, 4) is 11.5 Å². The molecule has 0 saturated carbocycles. The molecular formula is C18H27NO3. The van der Waals surface area contributed by atoms with Crippen molar-refractivity contribution in [2.24, 2.45) is 11.8 Å². The number of ether oxygens (including phenoxy) is 2. The maximum Gasteiger partial charge on any atom is 0.254 e. The number of nitrogens with zero attached hydrogens (tertiary/aromatic N) is 1. The number of amides is 1. The molecule has 1 amide bonds. The number of rotatable bonds is 5. The monoisotopic (exact) mass is 305 g/mol. The summed E-state index contributed by atoms with van der Waals surface area (Å²) in [5.74, 6) is 2.42. The third-order valence-electron chi connectivity index (χ3n) is 3.93. The number of carbonyl (C=O) groups excluding carboxylic acids is 1. The predicted molar refractivity (Wildman–Crippen MR) is 87.6 cm³/mol. The van der Waals surface area contributed by atoms with E-state index < -0.39 is 0 Å². The molecule has 0 radical (unpaired) electrons. The van der Waals surface area contributed by atoms with Gasteiger partial charge in [-0.3, -0.25) is 4.79 Å². The van der Waals surface area contributed by atoms with Crippen molar-refractivity contribution in [2.45, 2.75) is 33.6 Å². The Balaban J connectivity index is 2.12. The van der Waals surface area contributed by atoms with Crippen LogP contribution >= 0.6 is 0 Å². The van der Waals surface area contributed by atoms with Gasteiger partial charge in [-0.1, -0.05) is 20.8 Å². The molecule has 1 heterocycles. The summed E-state index contributed by atoms with van der Waals surface area (Å²) in [4.78, 5) is 14.6. The molecule has 22 heavy (non-hydrogen) atoms. The van der Waals surface area contributed by atoms with Crippen molar-refractivity contribution in [3.63, 3.8) is 0 Å². The molecule has 122 valence electrons. The molecule has 1 aliphatic heterocycles. The maximum absolute atomic E-state index is 12.6. The van der Waals surface area contributed by atoms with E-state index in [-0.39, 0.29) is 5.91 Å². The summed E-state index contributed by atoms with van der Waals surface area (Å²) in [5, 5.41) is 0. The normalized spacial score (nSPS) is 18.4. The van der Waals surface area contributed by atoms with Gasteiger partial charge in [0, 0.05) is 18.7 Å². The molecule has 1 aliphatic rings. The topological polar surface area (TPSA) is 38.8 Å². The molecule has 0 bridgehead atoms. The van der Waals surface area contributed by atoms with Gasteiger partial charge in [0.05, 0.1) is 13.7 Å². The van der Waals surface area contributed by atoms with E-state index in [1.807, 2.05) is 17.0 Å². The zero-order valence-corrected chi connectivity index (χ0v) is 14.1. The molecule has 0 aromatic heterocycles. The highest BCUT2D eigenvalue weighted by atomic mass is 16.5. The van der Waals surface area contributed by atoms with Gasteiger partial charge in [-0.25, -0.2) is 0 Å². The fourth-order valence-electron chi connectivity index (χ4n) is 2.73. The van der Waals surface area contributed by atoms with Crippen LogP contribution in [0.1, 0.15) is 44.0 Å². The number of methoxy groups -OCH3 is 1. The first-order chi connectivity index (χ1) is 10.5. The first-order valence-electron chi connectivity index (χ1n) is 8.11. The van der Waals surface area contributed by atoms with Crippen LogP contribution in [0, 0.1) is 11.8 Å². The smallest absolute Gasteiger partial charge is 0.254 e. The van der Waals surface area contributed by atoms with Gasteiger partial charge in [-0.05, 0) is 42.9 Å². The molecule has 1 fully saturated rings. The van der Waals surface area contributed by atoms with Gasteiger partial charge >= 0.3 is 0 Å². The number of carbonyl (C=O) groups is 1. The Bertz CT molecular complexity index is 513. The lowest BCUT2D eigenvalue weighted by atomic mass is 9.99. The highest BCUT2D eigenvalue weighted by Crippen LogP contribution is 2.29. The standard InChI is InChI=1S/C18H27NO3/c1-13(2)12-22-16-8-7-15(10-17(16)21-4)18(20)19-9-5-6-14(3)11-19/h7-8,10,13-14H,5-6,9,11-12H2,1-4H3. The first-order valence-corrected chi connectivity index (χ1v) is 8.11. The maximum atomic E-state index is 12.6. The van der Waals surface area contributed by atoms with Crippen molar-refractivity contribution >= 4 is 5.91 Å². The molecule has 1 unspecified atom stereocenters.